The summed E-state index contributed by atoms with van der Waals surface area (Å²) in [6.07, 6.45) is 5.55. The van der Waals surface area contributed by atoms with Crippen molar-refractivity contribution in [2.45, 2.75) is 32.1 Å². The van der Waals surface area contributed by atoms with Crippen LogP contribution in [-0.2, 0) is 4.79 Å². The van der Waals surface area contributed by atoms with Crippen molar-refractivity contribution in [1.82, 2.24) is 4.90 Å². The number of hydrogen-bond donors (Lipinski definition) is 1. The van der Waals surface area contributed by atoms with Crippen molar-refractivity contribution in [3.8, 4) is 0 Å². The Hall–Kier alpha value is -0.770. The van der Waals surface area contributed by atoms with E-state index in [9.17, 15) is 4.79 Å². The second kappa shape index (κ2) is 7.87. The van der Waals surface area contributed by atoms with Gasteiger partial charge >= 0.3 is 0 Å². The number of para-hydroxylation sites is 1. The normalized spacial score (nSPS) is 16.7. The summed E-state index contributed by atoms with van der Waals surface area (Å²) in [5, 5.41) is 3.75. The van der Waals surface area contributed by atoms with Crippen LogP contribution in [-0.4, -0.2) is 30.4 Å². The molecule has 5 heteroatoms. The topological polar surface area (TPSA) is 32.3 Å². The van der Waals surface area contributed by atoms with E-state index in [-0.39, 0.29) is 5.91 Å². The summed E-state index contributed by atoms with van der Waals surface area (Å²) in [6, 6.07) is 5.20. The van der Waals surface area contributed by atoms with Crippen molar-refractivity contribution in [2.75, 3.05) is 25.0 Å². The van der Waals surface area contributed by atoms with Crippen LogP contribution < -0.4 is 5.32 Å². The van der Waals surface area contributed by atoms with Gasteiger partial charge in [-0.05, 0) is 38.1 Å². The molecule has 1 fully saturated rings. The zero-order valence-corrected chi connectivity index (χ0v) is 13.0. The maximum Gasteiger partial charge on any atom is 0.225 e. The van der Waals surface area contributed by atoms with Crippen molar-refractivity contribution in [3.63, 3.8) is 0 Å². The number of amides is 1. The number of halogens is 2. The zero-order valence-electron chi connectivity index (χ0n) is 11.5. The van der Waals surface area contributed by atoms with E-state index in [0.29, 0.717) is 22.2 Å². The quantitative estimate of drug-likeness (QED) is 0.903. The first kappa shape index (κ1) is 15.6. The minimum atomic E-state index is -0.0377. The summed E-state index contributed by atoms with van der Waals surface area (Å²) >= 11 is 12.1. The average Bonchev–Trinajstić information content (AvgIpc) is 2.69. The summed E-state index contributed by atoms with van der Waals surface area (Å²) in [5.41, 5.74) is 0.511. The average molecular weight is 315 g/mol. The molecule has 1 aliphatic heterocycles. The van der Waals surface area contributed by atoms with Crippen LogP contribution in [0.5, 0.6) is 0 Å². The van der Waals surface area contributed by atoms with Gasteiger partial charge in [0.15, 0.2) is 0 Å². The molecule has 0 unspecified atom stereocenters. The van der Waals surface area contributed by atoms with Crippen LogP contribution in [0.3, 0.4) is 0 Å². The number of rotatable bonds is 4. The Labute approximate surface area is 130 Å². The number of nitrogens with zero attached hydrogens (tertiary/aromatic N) is 1. The lowest BCUT2D eigenvalue weighted by molar-refractivity contribution is -0.116. The SMILES string of the molecule is O=C(CCN1CCCCCC1)Nc1c(Cl)cccc1Cl. The van der Waals surface area contributed by atoms with Crippen molar-refractivity contribution in [3.05, 3.63) is 28.2 Å². The fourth-order valence-corrected chi connectivity index (χ4v) is 2.93. The summed E-state index contributed by atoms with van der Waals surface area (Å²) in [4.78, 5) is 14.4. The summed E-state index contributed by atoms with van der Waals surface area (Å²) in [7, 11) is 0. The van der Waals surface area contributed by atoms with E-state index in [1.54, 1.807) is 18.2 Å². The number of carbonyl (C=O) groups excluding carboxylic acids is 1. The van der Waals surface area contributed by atoms with Crippen LogP contribution >= 0.6 is 23.2 Å². The van der Waals surface area contributed by atoms with Crippen molar-refractivity contribution in [2.24, 2.45) is 0 Å². The van der Waals surface area contributed by atoms with Gasteiger partial charge in [-0.3, -0.25) is 4.79 Å². The number of hydrogen-bond acceptors (Lipinski definition) is 2. The lowest BCUT2D eigenvalue weighted by Gasteiger charge is -2.19. The first-order valence-corrected chi connectivity index (χ1v) is 7.88. The molecule has 1 heterocycles. The number of nitrogens with one attached hydrogen (secondary N) is 1. The van der Waals surface area contributed by atoms with Crippen molar-refractivity contribution in [1.29, 1.82) is 0 Å². The molecular weight excluding hydrogens is 295 g/mol. The smallest absolute Gasteiger partial charge is 0.225 e. The molecule has 0 aromatic heterocycles. The third kappa shape index (κ3) is 4.65. The van der Waals surface area contributed by atoms with E-state index in [0.717, 1.165) is 19.6 Å². The number of carbonyl (C=O) groups is 1. The molecule has 0 atom stereocenters. The molecule has 1 amide bonds. The molecule has 0 spiro atoms. The Bertz CT molecular complexity index is 437. The van der Waals surface area contributed by atoms with E-state index < -0.39 is 0 Å². The molecule has 0 saturated carbocycles. The molecule has 110 valence electrons. The molecule has 3 nitrogen and oxygen atoms in total. The Kier molecular flexibility index (Phi) is 6.14. The molecule has 0 bridgehead atoms. The minimum Gasteiger partial charge on any atom is -0.324 e. The van der Waals surface area contributed by atoms with Gasteiger partial charge in [0.1, 0.15) is 0 Å². The Morgan fingerprint density at radius 1 is 1.10 bits per heavy atom. The number of benzene rings is 1. The second-order valence-corrected chi connectivity index (χ2v) is 5.97. The van der Waals surface area contributed by atoms with Crippen LogP contribution in [0.2, 0.25) is 10.0 Å². The first-order valence-electron chi connectivity index (χ1n) is 7.13. The molecule has 1 aromatic carbocycles. The predicted molar refractivity (Wildman–Crippen MR) is 84.6 cm³/mol. The summed E-state index contributed by atoms with van der Waals surface area (Å²) < 4.78 is 0. The zero-order chi connectivity index (χ0) is 14.4. The van der Waals surface area contributed by atoms with E-state index >= 15 is 0 Å². The molecule has 0 aliphatic carbocycles. The van der Waals surface area contributed by atoms with Crippen LogP contribution in [0.15, 0.2) is 18.2 Å². The van der Waals surface area contributed by atoms with Gasteiger partial charge in [-0.15, -0.1) is 0 Å². The van der Waals surface area contributed by atoms with Crippen LogP contribution in [0.4, 0.5) is 5.69 Å². The van der Waals surface area contributed by atoms with Gasteiger partial charge in [-0.1, -0.05) is 42.1 Å². The molecule has 2 rings (SSSR count). The number of likely N-dealkylation sites (tertiary alicyclic amines) is 1. The molecule has 1 saturated heterocycles. The highest BCUT2D eigenvalue weighted by molar-refractivity contribution is 6.39. The Balaban J connectivity index is 1.83. The minimum absolute atomic E-state index is 0.0377. The molecule has 1 N–H and O–H groups in total. The van der Waals surface area contributed by atoms with Crippen LogP contribution in [0.1, 0.15) is 32.1 Å². The Morgan fingerprint density at radius 3 is 2.30 bits per heavy atom. The van der Waals surface area contributed by atoms with Gasteiger partial charge < -0.3 is 10.2 Å². The maximum atomic E-state index is 12.0. The fourth-order valence-electron chi connectivity index (χ4n) is 2.44. The van der Waals surface area contributed by atoms with Crippen LogP contribution in [0.25, 0.3) is 0 Å². The third-order valence-corrected chi connectivity index (χ3v) is 4.21. The van der Waals surface area contributed by atoms with E-state index in [2.05, 4.69) is 10.2 Å². The fraction of sp³-hybridized carbons (Fsp3) is 0.533. The molecule has 0 radical (unpaired) electrons. The molecule has 1 aromatic rings. The molecular formula is C15H20Cl2N2O. The largest absolute Gasteiger partial charge is 0.324 e. The predicted octanol–water partition coefficient (Wildman–Crippen LogP) is 4.20. The van der Waals surface area contributed by atoms with Crippen LogP contribution in [0, 0.1) is 0 Å². The lowest BCUT2D eigenvalue weighted by atomic mass is 10.2. The lowest BCUT2D eigenvalue weighted by Crippen LogP contribution is -2.28. The van der Waals surface area contributed by atoms with E-state index in [1.807, 2.05) is 0 Å². The third-order valence-electron chi connectivity index (χ3n) is 3.58. The highest BCUT2D eigenvalue weighted by atomic mass is 35.5. The van der Waals surface area contributed by atoms with Gasteiger partial charge in [0, 0.05) is 13.0 Å². The second-order valence-electron chi connectivity index (χ2n) is 5.15. The van der Waals surface area contributed by atoms with Gasteiger partial charge in [0.25, 0.3) is 0 Å². The highest BCUT2D eigenvalue weighted by Crippen LogP contribution is 2.29. The van der Waals surface area contributed by atoms with Crippen molar-refractivity contribution < 1.29 is 4.79 Å². The van der Waals surface area contributed by atoms with Crippen molar-refractivity contribution >= 4 is 34.8 Å². The van der Waals surface area contributed by atoms with Gasteiger partial charge in [0.05, 0.1) is 15.7 Å². The highest BCUT2D eigenvalue weighted by Gasteiger charge is 2.13. The van der Waals surface area contributed by atoms with Gasteiger partial charge in [-0.25, -0.2) is 0 Å². The molecule has 20 heavy (non-hydrogen) atoms. The summed E-state index contributed by atoms with van der Waals surface area (Å²) in [6.45, 7) is 2.99. The first-order chi connectivity index (χ1) is 9.66. The van der Waals surface area contributed by atoms with E-state index in [1.165, 1.54) is 25.7 Å². The standard InChI is InChI=1S/C15H20Cl2N2O/c16-12-6-5-7-13(17)15(12)18-14(20)8-11-19-9-3-1-2-4-10-19/h5-7H,1-4,8-11H2,(H,18,20). The summed E-state index contributed by atoms with van der Waals surface area (Å²) in [5.74, 6) is -0.0377. The Morgan fingerprint density at radius 2 is 1.70 bits per heavy atom. The monoisotopic (exact) mass is 314 g/mol. The van der Waals surface area contributed by atoms with E-state index in [4.69, 9.17) is 23.2 Å². The molecule has 1 aliphatic rings. The van der Waals surface area contributed by atoms with Gasteiger partial charge in [0.2, 0.25) is 5.91 Å². The number of anilines is 1. The van der Waals surface area contributed by atoms with Gasteiger partial charge in [-0.2, -0.15) is 0 Å². The maximum absolute atomic E-state index is 12.0.